The van der Waals surface area contributed by atoms with Gasteiger partial charge in [-0.05, 0) is 5.56 Å². The van der Waals surface area contributed by atoms with Gasteiger partial charge in [-0.1, -0.05) is 30.3 Å². The fourth-order valence-electron chi connectivity index (χ4n) is 2.51. The lowest BCUT2D eigenvalue weighted by molar-refractivity contribution is 0.236. The van der Waals surface area contributed by atoms with Gasteiger partial charge >= 0.3 is 5.63 Å². The van der Waals surface area contributed by atoms with E-state index in [9.17, 15) is 10.1 Å². The van der Waals surface area contributed by atoms with Crippen LogP contribution in [-0.2, 0) is 6.61 Å². The van der Waals surface area contributed by atoms with Crippen molar-refractivity contribution in [2.24, 2.45) is 5.73 Å². The Morgan fingerprint density at radius 2 is 2.05 bits per heavy atom. The molecule has 1 aromatic heterocycles. The number of allylic oxidation sites excluding steroid dienone is 1. The fourth-order valence-corrected chi connectivity index (χ4v) is 2.51. The predicted molar refractivity (Wildman–Crippen MR) is 76.6 cm³/mol. The van der Waals surface area contributed by atoms with E-state index in [0.29, 0.717) is 0 Å². The average Bonchev–Trinajstić information content (AvgIpc) is 2.54. The van der Waals surface area contributed by atoms with Crippen LogP contribution >= 0.6 is 0 Å². The van der Waals surface area contributed by atoms with Crippen LogP contribution in [0, 0.1) is 11.3 Å². The molecule has 0 aliphatic carbocycles. The van der Waals surface area contributed by atoms with Crippen LogP contribution in [0.15, 0.2) is 57.1 Å². The summed E-state index contributed by atoms with van der Waals surface area (Å²) in [5, 5.41) is 18.5. The zero-order chi connectivity index (χ0) is 15.7. The number of rotatable bonds is 2. The van der Waals surface area contributed by atoms with E-state index in [1.54, 1.807) is 24.3 Å². The Kier molecular flexibility index (Phi) is 3.41. The van der Waals surface area contributed by atoms with Crippen molar-refractivity contribution in [1.29, 1.82) is 5.26 Å². The molecule has 0 saturated heterocycles. The Morgan fingerprint density at radius 1 is 1.32 bits per heavy atom. The van der Waals surface area contributed by atoms with Gasteiger partial charge in [-0.25, -0.2) is 4.79 Å². The molecule has 2 aromatic rings. The second kappa shape index (κ2) is 5.39. The van der Waals surface area contributed by atoms with Gasteiger partial charge in [0.25, 0.3) is 0 Å². The third kappa shape index (κ3) is 2.14. The standard InChI is InChI=1S/C16H12N2O4/c17-7-11-13(9-4-2-1-3-5-9)14-12(22-15(11)18)6-10(8-19)21-16(14)20/h1-6,13,19H,8,18H2. The Labute approximate surface area is 125 Å². The molecule has 0 spiro atoms. The molecule has 6 nitrogen and oxygen atoms in total. The zero-order valence-electron chi connectivity index (χ0n) is 11.4. The summed E-state index contributed by atoms with van der Waals surface area (Å²) in [5.74, 6) is -0.438. The molecule has 0 saturated carbocycles. The van der Waals surface area contributed by atoms with Crippen molar-refractivity contribution >= 4 is 0 Å². The van der Waals surface area contributed by atoms with Crippen molar-refractivity contribution in [1.82, 2.24) is 0 Å². The number of fused-ring (bicyclic) bond motifs is 1. The first-order chi connectivity index (χ1) is 10.7. The third-order valence-electron chi connectivity index (χ3n) is 3.47. The molecular weight excluding hydrogens is 284 g/mol. The molecule has 0 bridgehead atoms. The zero-order valence-corrected chi connectivity index (χ0v) is 11.4. The van der Waals surface area contributed by atoms with Gasteiger partial charge in [-0.3, -0.25) is 0 Å². The number of aliphatic hydroxyl groups is 1. The lowest BCUT2D eigenvalue weighted by Crippen LogP contribution is -2.26. The maximum Gasteiger partial charge on any atom is 0.343 e. The van der Waals surface area contributed by atoms with Gasteiger partial charge in [0.2, 0.25) is 5.88 Å². The largest absolute Gasteiger partial charge is 0.440 e. The summed E-state index contributed by atoms with van der Waals surface area (Å²) in [6.07, 6.45) is 0. The van der Waals surface area contributed by atoms with Crippen LogP contribution in [0.5, 0.6) is 5.75 Å². The number of ether oxygens (including phenoxy) is 1. The summed E-state index contributed by atoms with van der Waals surface area (Å²) >= 11 is 0. The summed E-state index contributed by atoms with van der Waals surface area (Å²) in [7, 11) is 0. The highest BCUT2D eigenvalue weighted by molar-refractivity contribution is 5.54. The molecule has 3 N–H and O–H groups in total. The number of benzene rings is 1. The monoisotopic (exact) mass is 296 g/mol. The van der Waals surface area contributed by atoms with Gasteiger partial charge in [-0.15, -0.1) is 0 Å². The molecule has 1 aromatic carbocycles. The molecule has 2 heterocycles. The highest BCUT2D eigenvalue weighted by atomic mass is 16.5. The quantitative estimate of drug-likeness (QED) is 0.865. The van der Waals surface area contributed by atoms with E-state index in [0.717, 1.165) is 5.56 Å². The van der Waals surface area contributed by atoms with E-state index in [1.807, 2.05) is 12.1 Å². The first-order valence-electron chi connectivity index (χ1n) is 6.56. The molecule has 1 aliphatic heterocycles. The predicted octanol–water partition coefficient (Wildman–Crippen LogP) is 1.35. The molecule has 1 atom stereocenters. The number of nitriles is 1. The average molecular weight is 296 g/mol. The molecule has 6 heteroatoms. The number of nitrogens with zero attached hydrogens (tertiary/aromatic N) is 1. The SMILES string of the molecule is N#CC1=C(N)Oc2cc(CO)oc(=O)c2C1c1ccccc1. The van der Waals surface area contributed by atoms with Gasteiger partial charge < -0.3 is 20.0 Å². The number of hydrogen-bond acceptors (Lipinski definition) is 6. The number of aliphatic hydroxyl groups excluding tert-OH is 1. The van der Waals surface area contributed by atoms with E-state index in [2.05, 4.69) is 0 Å². The molecule has 0 radical (unpaired) electrons. The lowest BCUT2D eigenvalue weighted by atomic mass is 9.84. The lowest BCUT2D eigenvalue weighted by Gasteiger charge is -2.25. The summed E-state index contributed by atoms with van der Waals surface area (Å²) in [6.45, 7) is -0.434. The van der Waals surface area contributed by atoms with Gasteiger partial charge in [0.05, 0.1) is 11.5 Å². The van der Waals surface area contributed by atoms with Crippen LogP contribution in [-0.4, -0.2) is 5.11 Å². The van der Waals surface area contributed by atoms with E-state index < -0.39 is 18.2 Å². The second-order valence-corrected chi connectivity index (χ2v) is 4.77. The summed E-state index contributed by atoms with van der Waals surface area (Å²) in [5.41, 5.74) is 6.25. The highest BCUT2D eigenvalue weighted by Gasteiger charge is 2.34. The minimum Gasteiger partial charge on any atom is -0.440 e. The second-order valence-electron chi connectivity index (χ2n) is 4.77. The van der Waals surface area contributed by atoms with Gasteiger partial charge in [0.15, 0.2) is 0 Å². The molecule has 0 fully saturated rings. The summed E-state index contributed by atoms with van der Waals surface area (Å²) in [4.78, 5) is 12.3. The molecule has 0 amide bonds. The van der Waals surface area contributed by atoms with Gasteiger partial charge in [0, 0.05) is 6.07 Å². The smallest absolute Gasteiger partial charge is 0.343 e. The van der Waals surface area contributed by atoms with E-state index >= 15 is 0 Å². The van der Waals surface area contributed by atoms with Crippen molar-refractivity contribution in [2.75, 3.05) is 0 Å². The van der Waals surface area contributed by atoms with Crippen LogP contribution in [0.3, 0.4) is 0 Å². The molecular formula is C16H12N2O4. The number of nitrogens with two attached hydrogens (primary N) is 1. The fraction of sp³-hybridized carbons (Fsp3) is 0.125. The van der Waals surface area contributed by atoms with E-state index in [4.69, 9.17) is 20.0 Å². The minimum atomic E-state index is -0.657. The van der Waals surface area contributed by atoms with Gasteiger partial charge in [0.1, 0.15) is 29.8 Å². The molecule has 22 heavy (non-hydrogen) atoms. The molecule has 1 aliphatic rings. The molecule has 110 valence electrons. The van der Waals surface area contributed by atoms with E-state index in [1.165, 1.54) is 6.07 Å². The van der Waals surface area contributed by atoms with Crippen LogP contribution < -0.4 is 16.1 Å². The number of hydrogen-bond donors (Lipinski definition) is 2. The van der Waals surface area contributed by atoms with E-state index in [-0.39, 0.29) is 28.5 Å². The third-order valence-corrected chi connectivity index (χ3v) is 3.47. The first-order valence-corrected chi connectivity index (χ1v) is 6.56. The van der Waals surface area contributed by atoms with Crippen molar-refractivity contribution in [3.63, 3.8) is 0 Å². The Hall–Kier alpha value is -3.04. The van der Waals surface area contributed by atoms with Crippen molar-refractivity contribution < 1.29 is 14.3 Å². The topological polar surface area (TPSA) is 109 Å². The summed E-state index contributed by atoms with van der Waals surface area (Å²) in [6, 6.07) is 12.4. The minimum absolute atomic E-state index is 0.0571. The van der Waals surface area contributed by atoms with Gasteiger partial charge in [-0.2, -0.15) is 5.26 Å². The Morgan fingerprint density at radius 3 is 2.68 bits per heavy atom. The summed E-state index contributed by atoms with van der Waals surface area (Å²) < 4.78 is 10.4. The van der Waals surface area contributed by atoms with Crippen molar-refractivity contribution in [3.8, 4) is 11.8 Å². The Balaban J connectivity index is 2.29. The van der Waals surface area contributed by atoms with Crippen LogP contribution in [0.4, 0.5) is 0 Å². The molecule has 1 unspecified atom stereocenters. The highest BCUT2D eigenvalue weighted by Crippen LogP contribution is 2.40. The van der Waals surface area contributed by atoms with Crippen molar-refractivity contribution in [2.45, 2.75) is 12.5 Å². The van der Waals surface area contributed by atoms with Crippen LogP contribution in [0.2, 0.25) is 0 Å². The van der Waals surface area contributed by atoms with Crippen molar-refractivity contribution in [3.05, 3.63) is 75.2 Å². The maximum atomic E-state index is 12.3. The molecule has 3 rings (SSSR count). The first kappa shape index (κ1) is 13.9. The normalized spacial score (nSPS) is 16.6. The van der Waals surface area contributed by atoms with Crippen LogP contribution in [0.1, 0.15) is 22.8 Å². The Bertz CT molecular complexity index is 847. The maximum absolute atomic E-state index is 12.3. The van der Waals surface area contributed by atoms with Crippen LogP contribution in [0.25, 0.3) is 0 Å².